The van der Waals surface area contributed by atoms with E-state index in [4.69, 9.17) is 15.9 Å². The summed E-state index contributed by atoms with van der Waals surface area (Å²) in [6.07, 6.45) is -1.05. The molecule has 0 saturated heterocycles. The van der Waals surface area contributed by atoms with Gasteiger partial charge in [-0.3, -0.25) is 9.59 Å². The van der Waals surface area contributed by atoms with Crippen LogP contribution >= 0.6 is 0 Å². The van der Waals surface area contributed by atoms with Gasteiger partial charge in [-0.15, -0.1) is 0 Å². The van der Waals surface area contributed by atoms with Gasteiger partial charge in [0.25, 0.3) is 0 Å². The Kier molecular flexibility index (Phi) is 2.03. The molecule has 0 bridgehead atoms. The molecule has 1 saturated carbocycles. The number of alkyl halides is 1. The summed E-state index contributed by atoms with van der Waals surface area (Å²) >= 11 is 0. The Morgan fingerprint density at radius 2 is 2.00 bits per heavy atom. The predicted octanol–water partition coefficient (Wildman–Crippen LogP) is -0.255. The highest BCUT2D eigenvalue weighted by Gasteiger charge is 2.71. The summed E-state index contributed by atoms with van der Waals surface area (Å²) in [6.45, 7) is 0. The van der Waals surface area contributed by atoms with Crippen molar-refractivity contribution in [2.45, 2.75) is 30.5 Å². The van der Waals surface area contributed by atoms with Crippen LogP contribution in [0.2, 0.25) is 0 Å². The second-order valence-electron chi connectivity index (χ2n) is 3.31. The molecule has 0 amide bonds. The Morgan fingerprint density at radius 3 is 2.31 bits per heavy atom. The first kappa shape index (κ1) is 9.91. The van der Waals surface area contributed by atoms with E-state index >= 15 is 0 Å². The van der Waals surface area contributed by atoms with E-state index in [-0.39, 0.29) is 12.8 Å². The summed E-state index contributed by atoms with van der Waals surface area (Å²) in [5.74, 6) is -2.57. The Bertz CT molecular complexity index is 269. The number of carboxylic acids is 2. The SMILES string of the molecule is NC1(C(=O)O)C[C@@]1(F)CCC(=O)O. The first-order valence-electron chi connectivity index (χ1n) is 3.75. The molecule has 1 unspecified atom stereocenters. The summed E-state index contributed by atoms with van der Waals surface area (Å²) < 4.78 is 13.4. The van der Waals surface area contributed by atoms with Crippen molar-refractivity contribution in [3.63, 3.8) is 0 Å². The van der Waals surface area contributed by atoms with Gasteiger partial charge in [0.2, 0.25) is 0 Å². The van der Waals surface area contributed by atoms with Crippen molar-refractivity contribution in [3.05, 3.63) is 0 Å². The van der Waals surface area contributed by atoms with Gasteiger partial charge < -0.3 is 15.9 Å². The summed E-state index contributed by atoms with van der Waals surface area (Å²) in [5, 5.41) is 16.8. The maximum atomic E-state index is 13.4. The van der Waals surface area contributed by atoms with Crippen LogP contribution in [0.15, 0.2) is 0 Å². The molecule has 0 aromatic carbocycles. The predicted molar refractivity (Wildman–Crippen MR) is 39.9 cm³/mol. The van der Waals surface area contributed by atoms with Gasteiger partial charge in [-0.2, -0.15) is 0 Å². The summed E-state index contributed by atoms with van der Waals surface area (Å²) in [7, 11) is 0. The fraction of sp³-hybridized carbons (Fsp3) is 0.714. The zero-order valence-corrected chi connectivity index (χ0v) is 6.79. The Labute approximate surface area is 73.3 Å². The first-order valence-corrected chi connectivity index (χ1v) is 3.75. The van der Waals surface area contributed by atoms with E-state index in [9.17, 15) is 14.0 Å². The highest BCUT2D eigenvalue weighted by atomic mass is 19.1. The Morgan fingerprint density at radius 1 is 1.46 bits per heavy atom. The van der Waals surface area contributed by atoms with Crippen LogP contribution in [0.3, 0.4) is 0 Å². The lowest BCUT2D eigenvalue weighted by molar-refractivity contribution is -0.142. The van der Waals surface area contributed by atoms with Crippen molar-refractivity contribution in [2.75, 3.05) is 0 Å². The molecule has 1 aliphatic carbocycles. The maximum Gasteiger partial charge on any atom is 0.327 e. The molecule has 6 heteroatoms. The van der Waals surface area contributed by atoms with E-state index in [0.717, 1.165) is 0 Å². The fourth-order valence-electron chi connectivity index (χ4n) is 1.28. The molecule has 13 heavy (non-hydrogen) atoms. The number of hydrogen-bond donors (Lipinski definition) is 3. The molecule has 0 aromatic rings. The normalized spacial score (nSPS) is 37.1. The minimum Gasteiger partial charge on any atom is -0.481 e. The summed E-state index contributed by atoms with van der Waals surface area (Å²) in [6, 6.07) is 0. The van der Waals surface area contributed by atoms with Crippen molar-refractivity contribution in [3.8, 4) is 0 Å². The van der Waals surface area contributed by atoms with Crippen molar-refractivity contribution >= 4 is 11.9 Å². The highest BCUT2D eigenvalue weighted by molar-refractivity contribution is 5.85. The molecule has 4 N–H and O–H groups in total. The van der Waals surface area contributed by atoms with Crippen LogP contribution in [0.1, 0.15) is 19.3 Å². The van der Waals surface area contributed by atoms with Crippen LogP contribution in [-0.4, -0.2) is 33.4 Å². The molecular formula is C7H10FNO4. The molecule has 0 aliphatic heterocycles. The molecule has 0 heterocycles. The fourth-order valence-corrected chi connectivity index (χ4v) is 1.28. The summed E-state index contributed by atoms with van der Waals surface area (Å²) in [5.41, 5.74) is 1.27. The maximum absolute atomic E-state index is 13.4. The lowest BCUT2D eigenvalue weighted by Gasteiger charge is -2.09. The van der Waals surface area contributed by atoms with Gasteiger partial charge in [-0.05, 0) is 6.42 Å². The number of hydrogen-bond acceptors (Lipinski definition) is 3. The van der Waals surface area contributed by atoms with Crippen LogP contribution < -0.4 is 5.73 Å². The van der Waals surface area contributed by atoms with Crippen LogP contribution in [0.25, 0.3) is 0 Å². The molecule has 0 radical (unpaired) electrons. The zero-order chi connectivity index (χ0) is 10.3. The number of rotatable bonds is 4. The average Bonchev–Trinajstić information content (AvgIpc) is 2.54. The number of carboxylic acid groups (broad SMARTS) is 2. The van der Waals surface area contributed by atoms with Crippen molar-refractivity contribution in [1.82, 2.24) is 0 Å². The van der Waals surface area contributed by atoms with E-state index in [1.165, 1.54) is 0 Å². The molecule has 1 aliphatic rings. The number of nitrogens with two attached hydrogens (primary N) is 1. The van der Waals surface area contributed by atoms with Gasteiger partial charge in [0.1, 0.15) is 5.67 Å². The van der Waals surface area contributed by atoms with Gasteiger partial charge in [0, 0.05) is 12.8 Å². The third kappa shape index (κ3) is 1.49. The van der Waals surface area contributed by atoms with Crippen molar-refractivity contribution < 1.29 is 24.2 Å². The molecule has 1 fully saturated rings. The minimum atomic E-state index is -2.04. The second-order valence-corrected chi connectivity index (χ2v) is 3.31. The van der Waals surface area contributed by atoms with E-state index < -0.39 is 29.6 Å². The molecule has 5 nitrogen and oxygen atoms in total. The van der Waals surface area contributed by atoms with E-state index in [1.807, 2.05) is 0 Å². The van der Waals surface area contributed by atoms with Gasteiger partial charge in [0.15, 0.2) is 5.54 Å². The molecule has 0 aromatic heterocycles. The summed E-state index contributed by atoms with van der Waals surface area (Å²) in [4.78, 5) is 20.5. The third-order valence-electron chi connectivity index (χ3n) is 2.35. The van der Waals surface area contributed by atoms with Crippen molar-refractivity contribution in [1.29, 1.82) is 0 Å². The Balaban J connectivity index is 2.54. The first-order chi connectivity index (χ1) is 5.82. The highest BCUT2D eigenvalue weighted by Crippen LogP contribution is 2.52. The van der Waals surface area contributed by atoms with Crippen LogP contribution in [0.4, 0.5) is 4.39 Å². The lowest BCUT2D eigenvalue weighted by Crippen LogP contribution is -2.40. The second kappa shape index (κ2) is 2.66. The third-order valence-corrected chi connectivity index (χ3v) is 2.35. The minimum absolute atomic E-state index is 0.303. The van der Waals surface area contributed by atoms with E-state index in [2.05, 4.69) is 0 Å². The number of carbonyl (C=O) groups is 2. The molecule has 2 atom stereocenters. The van der Waals surface area contributed by atoms with Crippen LogP contribution in [-0.2, 0) is 9.59 Å². The standard InChI is InChI=1S/C7H10FNO4/c8-6(2-1-4(10)11)3-7(6,9)5(12)13/h1-3,9H2,(H,10,11)(H,12,13)/t6-,7?/m0/s1. The van der Waals surface area contributed by atoms with Gasteiger partial charge >= 0.3 is 11.9 Å². The topological polar surface area (TPSA) is 101 Å². The number of aliphatic carboxylic acids is 2. The van der Waals surface area contributed by atoms with Crippen LogP contribution in [0, 0.1) is 0 Å². The van der Waals surface area contributed by atoms with Gasteiger partial charge in [-0.1, -0.05) is 0 Å². The molecular weight excluding hydrogens is 181 g/mol. The van der Waals surface area contributed by atoms with Crippen LogP contribution in [0.5, 0.6) is 0 Å². The number of halogens is 1. The molecule has 1 rings (SSSR count). The molecule has 0 spiro atoms. The monoisotopic (exact) mass is 191 g/mol. The molecule has 74 valence electrons. The van der Waals surface area contributed by atoms with Gasteiger partial charge in [0.05, 0.1) is 0 Å². The lowest BCUT2D eigenvalue weighted by atomic mass is 10.1. The Hall–Kier alpha value is -1.17. The zero-order valence-electron chi connectivity index (χ0n) is 6.79. The largest absolute Gasteiger partial charge is 0.481 e. The average molecular weight is 191 g/mol. The smallest absolute Gasteiger partial charge is 0.327 e. The quantitative estimate of drug-likeness (QED) is 0.568. The van der Waals surface area contributed by atoms with Gasteiger partial charge in [-0.25, -0.2) is 4.39 Å². The van der Waals surface area contributed by atoms with E-state index in [0.29, 0.717) is 0 Å². The van der Waals surface area contributed by atoms with E-state index in [1.54, 1.807) is 0 Å². The van der Waals surface area contributed by atoms with Crippen molar-refractivity contribution in [2.24, 2.45) is 5.73 Å².